The third-order valence-electron chi connectivity index (χ3n) is 2.58. The third kappa shape index (κ3) is 2.66. The molecule has 0 radical (unpaired) electrons. The summed E-state index contributed by atoms with van der Waals surface area (Å²) in [5.74, 6) is 0.541. The number of rotatable bonds is 3. The van der Waals surface area contributed by atoms with E-state index in [4.69, 9.17) is 5.73 Å². The van der Waals surface area contributed by atoms with Crippen LogP contribution >= 0.6 is 0 Å². The zero-order valence-corrected chi connectivity index (χ0v) is 9.74. The summed E-state index contributed by atoms with van der Waals surface area (Å²) in [6, 6.07) is 4.49. The minimum absolute atomic E-state index is 0.0479. The summed E-state index contributed by atoms with van der Waals surface area (Å²) in [6.45, 7) is 4.11. The predicted octanol–water partition coefficient (Wildman–Crippen LogP) is 3.05. The Labute approximate surface area is 98.5 Å². The van der Waals surface area contributed by atoms with Gasteiger partial charge in [0.05, 0.1) is 0 Å². The van der Waals surface area contributed by atoms with Crippen LogP contribution in [0.2, 0.25) is 0 Å². The molecule has 0 bridgehead atoms. The van der Waals surface area contributed by atoms with Crippen LogP contribution in [0.1, 0.15) is 31.9 Å². The van der Waals surface area contributed by atoms with Crippen LogP contribution < -0.4 is 15.2 Å². The number of halogens is 2. The molecule has 0 spiro atoms. The number of alkyl halides is 2. The van der Waals surface area contributed by atoms with E-state index >= 15 is 0 Å². The van der Waals surface area contributed by atoms with Crippen molar-refractivity contribution >= 4 is 0 Å². The molecule has 1 heterocycles. The molecule has 1 aromatic carbocycles. The van der Waals surface area contributed by atoms with E-state index in [1.807, 2.05) is 0 Å². The van der Waals surface area contributed by atoms with Gasteiger partial charge in [0.15, 0.2) is 11.5 Å². The predicted molar refractivity (Wildman–Crippen MR) is 59.0 cm³/mol. The maximum absolute atomic E-state index is 12.8. The highest BCUT2D eigenvalue weighted by Gasteiger charge is 2.43. The maximum Gasteiger partial charge on any atom is 0.586 e. The van der Waals surface area contributed by atoms with Crippen molar-refractivity contribution in [3.63, 3.8) is 0 Å². The molecule has 0 fully saturated rings. The van der Waals surface area contributed by atoms with Crippen molar-refractivity contribution < 1.29 is 18.3 Å². The van der Waals surface area contributed by atoms with Crippen LogP contribution in [0.5, 0.6) is 11.5 Å². The molecule has 2 N–H and O–H groups in total. The van der Waals surface area contributed by atoms with Gasteiger partial charge in [0.1, 0.15) is 0 Å². The lowest BCUT2D eigenvalue weighted by atomic mass is 9.98. The van der Waals surface area contributed by atoms with Gasteiger partial charge in [-0.1, -0.05) is 19.9 Å². The van der Waals surface area contributed by atoms with E-state index in [1.165, 1.54) is 12.1 Å². The molecule has 0 saturated heterocycles. The lowest BCUT2D eigenvalue weighted by Crippen LogP contribution is -2.25. The van der Waals surface area contributed by atoms with Crippen molar-refractivity contribution in [3.05, 3.63) is 23.8 Å². The Hall–Kier alpha value is -1.36. The number of fused-ring (bicyclic) bond motifs is 1. The van der Waals surface area contributed by atoms with Crippen LogP contribution in [-0.2, 0) is 0 Å². The fourth-order valence-corrected chi connectivity index (χ4v) is 1.84. The number of hydrogen-bond donors (Lipinski definition) is 1. The van der Waals surface area contributed by atoms with Gasteiger partial charge in [0.2, 0.25) is 0 Å². The number of ether oxygens (including phenoxy) is 2. The molecule has 1 aliphatic heterocycles. The van der Waals surface area contributed by atoms with Gasteiger partial charge < -0.3 is 15.2 Å². The molecule has 3 nitrogen and oxygen atoms in total. The summed E-state index contributed by atoms with van der Waals surface area (Å²) in [4.78, 5) is 0. The molecule has 2 rings (SSSR count). The van der Waals surface area contributed by atoms with Crippen LogP contribution in [0.4, 0.5) is 8.78 Å². The number of nitrogens with two attached hydrogens (primary N) is 1. The minimum Gasteiger partial charge on any atom is -0.395 e. The van der Waals surface area contributed by atoms with Gasteiger partial charge in [-0.15, -0.1) is 8.78 Å². The van der Waals surface area contributed by atoms with E-state index in [1.54, 1.807) is 6.07 Å². The molecule has 17 heavy (non-hydrogen) atoms. The van der Waals surface area contributed by atoms with Crippen molar-refractivity contribution in [2.24, 2.45) is 11.7 Å². The number of hydrogen-bond acceptors (Lipinski definition) is 3. The van der Waals surface area contributed by atoms with Gasteiger partial charge in [0, 0.05) is 6.04 Å². The Morgan fingerprint density at radius 3 is 2.53 bits per heavy atom. The van der Waals surface area contributed by atoms with Gasteiger partial charge in [-0.3, -0.25) is 0 Å². The smallest absolute Gasteiger partial charge is 0.395 e. The number of benzene rings is 1. The Morgan fingerprint density at radius 1 is 1.24 bits per heavy atom. The van der Waals surface area contributed by atoms with Crippen molar-refractivity contribution in [1.82, 2.24) is 0 Å². The van der Waals surface area contributed by atoms with Crippen molar-refractivity contribution in [2.75, 3.05) is 0 Å². The highest BCUT2D eigenvalue weighted by Crippen LogP contribution is 2.42. The van der Waals surface area contributed by atoms with Crippen molar-refractivity contribution in [1.29, 1.82) is 0 Å². The van der Waals surface area contributed by atoms with Crippen LogP contribution in [-0.4, -0.2) is 6.29 Å². The fourth-order valence-electron chi connectivity index (χ4n) is 1.84. The first-order chi connectivity index (χ1) is 7.87. The molecule has 5 heteroatoms. The Kier molecular flexibility index (Phi) is 2.95. The first-order valence-corrected chi connectivity index (χ1v) is 5.53. The molecule has 0 unspecified atom stereocenters. The second-order valence-corrected chi connectivity index (χ2v) is 4.61. The van der Waals surface area contributed by atoms with Gasteiger partial charge >= 0.3 is 6.29 Å². The summed E-state index contributed by atoms with van der Waals surface area (Å²) in [6.07, 6.45) is -2.78. The van der Waals surface area contributed by atoms with Crippen LogP contribution in [0.3, 0.4) is 0 Å². The second-order valence-electron chi connectivity index (χ2n) is 4.61. The zero-order valence-electron chi connectivity index (χ0n) is 9.74. The molecule has 1 aromatic rings. The van der Waals surface area contributed by atoms with Crippen molar-refractivity contribution in [3.8, 4) is 11.5 Å². The van der Waals surface area contributed by atoms with Crippen LogP contribution in [0.25, 0.3) is 0 Å². The monoisotopic (exact) mass is 243 g/mol. The first-order valence-electron chi connectivity index (χ1n) is 5.53. The summed E-state index contributed by atoms with van der Waals surface area (Å²) in [5.41, 5.74) is 6.75. The van der Waals surface area contributed by atoms with E-state index in [2.05, 4.69) is 23.3 Å². The average molecular weight is 243 g/mol. The summed E-state index contributed by atoms with van der Waals surface area (Å²) in [7, 11) is 0. The standard InChI is InChI=1S/C12H15F2NO2/c1-7(2)5-9(15)8-3-4-10-11(6-8)17-12(13,14)16-10/h3-4,6-7,9H,5,15H2,1-2H3/t9-/m0/s1. The second kappa shape index (κ2) is 4.14. The molecular formula is C12H15F2NO2. The third-order valence-corrected chi connectivity index (χ3v) is 2.58. The minimum atomic E-state index is -3.57. The van der Waals surface area contributed by atoms with Crippen LogP contribution in [0.15, 0.2) is 18.2 Å². The highest BCUT2D eigenvalue weighted by atomic mass is 19.3. The quantitative estimate of drug-likeness (QED) is 0.887. The zero-order chi connectivity index (χ0) is 12.6. The molecule has 0 saturated carbocycles. The van der Waals surface area contributed by atoms with E-state index in [9.17, 15) is 8.78 Å². The molecule has 94 valence electrons. The van der Waals surface area contributed by atoms with E-state index < -0.39 is 6.29 Å². The van der Waals surface area contributed by atoms with E-state index in [0.717, 1.165) is 12.0 Å². The molecule has 1 atom stereocenters. The van der Waals surface area contributed by atoms with Gasteiger partial charge in [-0.2, -0.15) is 0 Å². The van der Waals surface area contributed by atoms with Gasteiger partial charge in [-0.05, 0) is 30.0 Å². The Bertz CT molecular complexity index is 421. The average Bonchev–Trinajstić information content (AvgIpc) is 2.48. The van der Waals surface area contributed by atoms with E-state index in [-0.39, 0.29) is 17.5 Å². The lowest BCUT2D eigenvalue weighted by molar-refractivity contribution is -0.286. The van der Waals surface area contributed by atoms with Crippen molar-refractivity contribution in [2.45, 2.75) is 32.6 Å². The van der Waals surface area contributed by atoms with Gasteiger partial charge in [0.25, 0.3) is 0 Å². The first kappa shape index (κ1) is 12.1. The van der Waals surface area contributed by atoms with E-state index in [0.29, 0.717) is 5.92 Å². The topological polar surface area (TPSA) is 44.5 Å². The summed E-state index contributed by atoms with van der Waals surface area (Å²) in [5, 5.41) is 0. The lowest BCUT2D eigenvalue weighted by Gasteiger charge is -2.14. The molecular weight excluding hydrogens is 228 g/mol. The van der Waals surface area contributed by atoms with Gasteiger partial charge in [-0.25, -0.2) is 0 Å². The molecule has 1 aliphatic rings. The fraction of sp³-hybridized carbons (Fsp3) is 0.500. The molecule has 0 aromatic heterocycles. The molecule has 0 amide bonds. The Morgan fingerprint density at radius 2 is 1.88 bits per heavy atom. The van der Waals surface area contributed by atoms with Crippen LogP contribution in [0, 0.1) is 5.92 Å². The normalized spacial score (nSPS) is 18.5. The largest absolute Gasteiger partial charge is 0.586 e. The maximum atomic E-state index is 12.8. The SMILES string of the molecule is CC(C)C[C@H](N)c1ccc2c(c1)OC(F)(F)O2. The summed E-state index contributed by atoms with van der Waals surface area (Å²) < 4.78 is 34.3. The summed E-state index contributed by atoms with van der Waals surface area (Å²) >= 11 is 0. The highest BCUT2D eigenvalue weighted by molar-refractivity contribution is 5.45. The Balaban J connectivity index is 2.19. The molecule has 0 aliphatic carbocycles.